The molecule has 3 saturated heterocycles. The second kappa shape index (κ2) is 10.8. The van der Waals surface area contributed by atoms with E-state index in [-0.39, 0.29) is 0 Å². The molecule has 3 aliphatic heterocycles. The first kappa shape index (κ1) is 22.6. The lowest BCUT2D eigenvalue weighted by Crippen LogP contribution is -2.61. The molecule has 0 bridgehead atoms. The normalized spacial score (nSPS) is 32.3. The van der Waals surface area contributed by atoms with Gasteiger partial charge in [-0.2, -0.15) is 0 Å². The van der Waals surface area contributed by atoms with E-state index in [4.69, 9.17) is 0 Å². The molecular weight excluding hydrogens is 330 g/mol. The van der Waals surface area contributed by atoms with Crippen molar-refractivity contribution in [3.63, 3.8) is 0 Å². The van der Waals surface area contributed by atoms with Crippen molar-refractivity contribution in [1.82, 2.24) is 15.1 Å². The number of rotatable bonds is 3. The minimum atomic E-state index is 0.398. The lowest BCUT2D eigenvalue weighted by molar-refractivity contribution is -0.0506. The molecule has 1 spiro atoms. The zero-order chi connectivity index (χ0) is 19.8. The summed E-state index contributed by atoms with van der Waals surface area (Å²) in [5.74, 6) is 0.836. The van der Waals surface area contributed by atoms with Gasteiger partial charge in [-0.05, 0) is 62.1 Å². The fourth-order valence-electron chi connectivity index (χ4n) is 5.10. The van der Waals surface area contributed by atoms with E-state index < -0.39 is 0 Å². The Balaban J connectivity index is 0.000000478. The van der Waals surface area contributed by atoms with Crippen molar-refractivity contribution in [3.8, 4) is 0 Å². The van der Waals surface area contributed by atoms with Crippen LogP contribution in [0.1, 0.15) is 66.7 Å². The van der Waals surface area contributed by atoms with E-state index in [0.29, 0.717) is 10.8 Å². The molecule has 1 aliphatic carbocycles. The van der Waals surface area contributed by atoms with E-state index in [1.807, 2.05) is 13.8 Å². The number of hydrogen-bond acceptors (Lipinski definition) is 3. The van der Waals surface area contributed by atoms with Gasteiger partial charge in [-0.15, -0.1) is 0 Å². The molecule has 1 N–H and O–H groups in total. The topological polar surface area (TPSA) is 18.5 Å². The molecule has 4 aliphatic rings. The maximum absolute atomic E-state index is 3.50. The van der Waals surface area contributed by atoms with Crippen molar-refractivity contribution in [1.29, 1.82) is 0 Å². The molecule has 0 saturated carbocycles. The molecule has 3 heterocycles. The second-order valence-corrected chi connectivity index (χ2v) is 9.15. The molecule has 2 atom stereocenters. The predicted octanol–water partition coefficient (Wildman–Crippen LogP) is 4.92. The Kier molecular flexibility index (Phi) is 9.04. The number of allylic oxidation sites excluding steroid dienone is 4. The summed E-state index contributed by atoms with van der Waals surface area (Å²) in [6.45, 7) is 19.7. The molecule has 0 aromatic rings. The first-order valence-electron chi connectivity index (χ1n) is 11.6. The summed E-state index contributed by atoms with van der Waals surface area (Å²) in [7, 11) is 0. The van der Waals surface area contributed by atoms with Gasteiger partial charge in [0.05, 0.1) is 6.67 Å². The largest absolute Gasteiger partial charge is 0.317 e. The molecule has 2 unspecified atom stereocenters. The molecule has 156 valence electrons. The van der Waals surface area contributed by atoms with Crippen molar-refractivity contribution in [3.05, 3.63) is 24.3 Å². The monoisotopic (exact) mass is 375 g/mol. The van der Waals surface area contributed by atoms with Crippen LogP contribution in [0.15, 0.2) is 24.3 Å². The van der Waals surface area contributed by atoms with Crippen molar-refractivity contribution in [2.75, 3.05) is 45.9 Å². The van der Waals surface area contributed by atoms with E-state index in [1.54, 1.807) is 0 Å². The highest BCUT2D eigenvalue weighted by molar-refractivity contribution is 5.17. The molecule has 27 heavy (non-hydrogen) atoms. The average molecular weight is 376 g/mol. The van der Waals surface area contributed by atoms with Crippen molar-refractivity contribution < 1.29 is 0 Å². The van der Waals surface area contributed by atoms with Crippen LogP contribution in [0.3, 0.4) is 0 Å². The van der Waals surface area contributed by atoms with Gasteiger partial charge < -0.3 is 5.32 Å². The van der Waals surface area contributed by atoms with E-state index in [2.05, 4.69) is 60.2 Å². The fraction of sp³-hybridized carbons (Fsp3) is 0.833. The van der Waals surface area contributed by atoms with Crippen LogP contribution < -0.4 is 5.32 Å². The molecular formula is C24H45N3. The van der Waals surface area contributed by atoms with Crippen LogP contribution in [0.25, 0.3) is 0 Å². The molecule has 0 aromatic heterocycles. The van der Waals surface area contributed by atoms with Gasteiger partial charge in [0.15, 0.2) is 0 Å². The first-order chi connectivity index (χ1) is 13.1. The summed E-state index contributed by atoms with van der Waals surface area (Å²) < 4.78 is 0. The third-order valence-electron chi connectivity index (χ3n) is 6.67. The van der Waals surface area contributed by atoms with Gasteiger partial charge >= 0.3 is 0 Å². The van der Waals surface area contributed by atoms with Gasteiger partial charge in [0.2, 0.25) is 0 Å². The third kappa shape index (κ3) is 5.92. The van der Waals surface area contributed by atoms with Gasteiger partial charge in [-0.25, -0.2) is 0 Å². The highest BCUT2D eigenvalue weighted by Gasteiger charge is 2.44. The number of nitrogens with zero attached hydrogens (tertiary/aromatic N) is 2. The fourth-order valence-corrected chi connectivity index (χ4v) is 5.10. The standard InChI is InChI=1S/C19H31N3.C3H8.C2H6/c1-18(6-3-2-4-7-18)17-5-12-21(13-17)16-22-14-19(15-22)8-10-20-11-9-19;1-3-2;1-2/h2-4,6,17,20H,5,7-16H2,1H3;3H2,1-2H3;1-2H3. The first-order valence-corrected chi connectivity index (χ1v) is 11.6. The van der Waals surface area contributed by atoms with Crippen LogP contribution in [0.2, 0.25) is 0 Å². The van der Waals surface area contributed by atoms with E-state index in [9.17, 15) is 0 Å². The third-order valence-corrected chi connectivity index (χ3v) is 6.67. The van der Waals surface area contributed by atoms with Crippen molar-refractivity contribution in [2.45, 2.75) is 66.7 Å². The lowest BCUT2D eigenvalue weighted by atomic mass is 9.72. The highest BCUT2D eigenvalue weighted by atomic mass is 15.4. The maximum atomic E-state index is 3.50. The number of likely N-dealkylation sites (tertiary alicyclic amines) is 2. The Morgan fingerprint density at radius 1 is 1.04 bits per heavy atom. The van der Waals surface area contributed by atoms with Crippen LogP contribution in [0.5, 0.6) is 0 Å². The Morgan fingerprint density at radius 3 is 2.30 bits per heavy atom. The maximum Gasteiger partial charge on any atom is 0.0506 e. The van der Waals surface area contributed by atoms with Crippen LogP contribution in [-0.4, -0.2) is 55.7 Å². The molecule has 0 amide bonds. The SMILES string of the molecule is CC.CC1(C2CCN(CN3CC4(CCNCC4)C3)C2)C=CC=CC1.CCC. The zero-order valence-corrected chi connectivity index (χ0v) is 18.8. The van der Waals surface area contributed by atoms with Crippen LogP contribution in [-0.2, 0) is 0 Å². The number of nitrogens with one attached hydrogen (secondary N) is 1. The number of piperidine rings is 1. The Labute approximate surface area is 169 Å². The zero-order valence-electron chi connectivity index (χ0n) is 18.8. The number of hydrogen-bond donors (Lipinski definition) is 1. The van der Waals surface area contributed by atoms with Gasteiger partial charge in [0.25, 0.3) is 0 Å². The summed E-state index contributed by atoms with van der Waals surface area (Å²) in [4.78, 5) is 5.39. The molecule has 0 aromatic carbocycles. The highest BCUT2D eigenvalue weighted by Crippen LogP contribution is 2.42. The lowest BCUT2D eigenvalue weighted by Gasteiger charge is -2.53. The summed E-state index contributed by atoms with van der Waals surface area (Å²) in [6.07, 6.45) is 15.9. The Morgan fingerprint density at radius 2 is 1.70 bits per heavy atom. The summed E-state index contributed by atoms with van der Waals surface area (Å²) in [5, 5.41) is 3.50. The second-order valence-electron chi connectivity index (χ2n) is 9.15. The van der Waals surface area contributed by atoms with Gasteiger partial charge in [0, 0.05) is 19.6 Å². The molecule has 3 nitrogen and oxygen atoms in total. The van der Waals surface area contributed by atoms with Gasteiger partial charge in [-0.3, -0.25) is 9.80 Å². The molecule has 4 rings (SSSR count). The van der Waals surface area contributed by atoms with E-state index in [0.717, 1.165) is 5.92 Å². The molecule has 0 radical (unpaired) electrons. The summed E-state index contributed by atoms with van der Waals surface area (Å²) >= 11 is 0. The minimum absolute atomic E-state index is 0.398. The predicted molar refractivity (Wildman–Crippen MR) is 119 cm³/mol. The summed E-state index contributed by atoms with van der Waals surface area (Å²) in [5.41, 5.74) is 1.07. The average Bonchev–Trinajstić information content (AvgIpc) is 3.14. The van der Waals surface area contributed by atoms with Gasteiger partial charge in [-0.1, -0.05) is 65.3 Å². The van der Waals surface area contributed by atoms with Crippen molar-refractivity contribution >= 4 is 0 Å². The summed E-state index contributed by atoms with van der Waals surface area (Å²) in [6, 6.07) is 0. The van der Waals surface area contributed by atoms with E-state index in [1.165, 1.54) is 78.0 Å². The quantitative estimate of drug-likeness (QED) is 0.755. The Bertz CT molecular complexity index is 470. The van der Waals surface area contributed by atoms with E-state index >= 15 is 0 Å². The van der Waals surface area contributed by atoms with Crippen LogP contribution in [0, 0.1) is 16.7 Å². The Hall–Kier alpha value is -0.640. The molecule has 3 fully saturated rings. The van der Waals surface area contributed by atoms with Crippen LogP contribution in [0.4, 0.5) is 0 Å². The van der Waals surface area contributed by atoms with Gasteiger partial charge in [0.1, 0.15) is 0 Å². The van der Waals surface area contributed by atoms with Crippen LogP contribution >= 0.6 is 0 Å². The molecule has 3 heteroatoms. The smallest absolute Gasteiger partial charge is 0.0506 e. The van der Waals surface area contributed by atoms with Crippen molar-refractivity contribution in [2.24, 2.45) is 16.7 Å². The minimum Gasteiger partial charge on any atom is -0.317 e.